The molecule has 0 aliphatic carbocycles. The van der Waals surface area contributed by atoms with Gasteiger partial charge in [-0.1, -0.05) is 0 Å². The number of rotatable bonds is 5. The van der Waals surface area contributed by atoms with Crippen LogP contribution in [0.5, 0.6) is 0 Å². The summed E-state index contributed by atoms with van der Waals surface area (Å²) in [6, 6.07) is 3.99. The van der Waals surface area contributed by atoms with Crippen molar-refractivity contribution in [2.45, 2.75) is 25.4 Å². The number of aliphatic hydroxyl groups is 1. The van der Waals surface area contributed by atoms with Gasteiger partial charge in [0, 0.05) is 18.9 Å². The highest BCUT2D eigenvalue weighted by Crippen LogP contribution is 2.04. The minimum Gasteiger partial charge on any atom is -0.392 e. The van der Waals surface area contributed by atoms with E-state index in [0.717, 1.165) is 19.3 Å². The molecule has 1 heterocycles. The maximum Gasteiger partial charge on any atom is 0.0662 e. The molecule has 0 bridgehead atoms. The van der Waals surface area contributed by atoms with Crippen molar-refractivity contribution >= 4 is 0 Å². The molecule has 0 aliphatic rings. The fourth-order valence-corrected chi connectivity index (χ4v) is 1.21. The molecule has 0 radical (unpaired) electrons. The standard InChI is InChI=1S/C10H16N2O/c11-8-10(13)3-1-2-9-4-6-12-7-5-9/h4-7,10,13H,1-3,8,11H2. The molecule has 0 aromatic carbocycles. The number of nitrogens with two attached hydrogens (primary N) is 1. The SMILES string of the molecule is NCC(O)CCCc1ccncc1. The molecule has 1 aromatic rings. The Bertz CT molecular complexity index is 226. The molecule has 1 aromatic heterocycles. The van der Waals surface area contributed by atoms with Crippen molar-refractivity contribution in [3.8, 4) is 0 Å². The highest BCUT2D eigenvalue weighted by atomic mass is 16.3. The molecule has 0 saturated carbocycles. The van der Waals surface area contributed by atoms with Gasteiger partial charge in [0.25, 0.3) is 0 Å². The molecule has 0 spiro atoms. The zero-order valence-electron chi connectivity index (χ0n) is 7.69. The van der Waals surface area contributed by atoms with E-state index in [1.807, 2.05) is 12.1 Å². The van der Waals surface area contributed by atoms with Crippen LogP contribution in [0.2, 0.25) is 0 Å². The Kier molecular flexibility index (Phi) is 4.43. The fraction of sp³-hybridized carbons (Fsp3) is 0.500. The summed E-state index contributed by atoms with van der Waals surface area (Å²) in [7, 11) is 0. The van der Waals surface area contributed by atoms with Gasteiger partial charge in [-0.05, 0) is 37.0 Å². The topological polar surface area (TPSA) is 59.1 Å². The van der Waals surface area contributed by atoms with Crippen molar-refractivity contribution < 1.29 is 5.11 Å². The Hall–Kier alpha value is -0.930. The van der Waals surface area contributed by atoms with Crippen molar-refractivity contribution in [1.29, 1.82) is 0 Å². The van der Waals surface area contributed by atoms with Gasteiger partial charge in [0.05, 0.1) is 6.10 Å². The molecule has 1 unspecified atom stereocenters. The minimum atomic E-state index is -0.346. The number of hydrogen-bond acceptors (Lipinski definition) is 3. The monoisotopic (exact) mass is 180 g/mol. The number of aryl methyl sites for hydroxylation is 1. The van der Waals surface area contributed by atoms with Crippen LogP contribution in [0, 0.1) is 0 Å². The van der Waals surface area contributed by atoms with Crippen LogP contribution < -0.4 is 5.73 Å². The first-order valence-electron chi connectivity index (χ1n) is 4.60. The van der Waals surface area contributed by atoms with Crippen molar-refractivity contribution in [2.75, 3.05) is 6.54 Å². The average molecular weight is 180 g/mol. The third kappa shape index (κ3) is 4.01. The van der Waals surface area contributed by atoms with Gasteiger partial charge in [-0.2, -0.15) is 0 Å². The summed E-state index contributed by atoms with van der Waals surface area (Å²) in [5.41, 5.74) is 6.55. The van der Waals surface area contributed by atoms with Crippen LogP contribution in [0.3, 0.4) is 0 Å². The molecule has 0 aliphatic heterocycles. The van der Waals surface area contributed by atoms with Gasteiger partial charge >= 0.3 is 0 Å². The van der Waals surface area contributed by atoms with Crippen molar-refractivity contribution in [1.82, 2.24) is 4.98 Å². The van der Waals surface area contributed by atoms with Gasteiger partial charge in [-0.3, -0.25) is 4.98 Å². The lowest BCUT2D eigenvalue weighted by Crippen LogP contribution is -2.19. The summed E-state index contributed by atoms with van der Waals surface area (Å²) in [6.07, 6.45) is 5.96. The lowest BCUT2D eigenvalue weighted by atomic mass is 10.1. The molecule has 0 saturated heterocycles. The minimum absolute atomic E-state index is 0.346. The van der Waals surface area contributed by atoms with Crippen LogP contribution in [0.25, 0.3) is 0 Å². The molecule has 0 fully saturated rings. The van der Waals surface area contributed by atoms with Crippen LogP contribution in [0.1, 0.15) is 18.4 Å². The third-order valence-electron chi connectivity index (χ3n) is 2.02. The number of pyridine rings is 1. The number of aliphatic hydroxyl groups excluding tert-OH is 1. The third-order valence-corrected chi connectivity index (χ3v) is 2.02. The largest absolute Gasteiger partial charge is 0.392 e. The average Bonchev–Trinajstić information content (AvgIpc) is 2.19. The molecule has 3 heteroatoms. The fourth-order valence-electron chi connectivity index (χ4n) is 1.21. The molecular weight excluding hydrogens is 164 g/mol. The predicted molar refractivity (Wildman–Crippen MR) is 52.2 cm³/mol. The summed E-state index contributed by atoms with van der Waals surface area (Å²) in [5.74, 6) is 0. The Morgan fingerprint density at radius 2 is 2.08 bits per heavy atom. The molecule has 72 valence electrons. The highest BCUT2D eigenvalue weighted by Gasteiger charge is 2.00. The zero-order chi connectivity index (χ0) is 9.52. The Morgan fingerprint density at radius 1 is 1.38 bits per heavy atom. The molecule has 0 amide bonds. The van der Waals surface area contributed by atoms with Gasteiger partial charge in [0.1, 0.15) is 0 Å². The van der Waals surface area contributed by atoms with Crippen LogP contribution in [0.15, 0.2) is 24.5 Å². The lowest BCUT2D eigenvalue weighted by Gasteiger charge is -2.06. The molecule has 1 atom stereocenters. The van der Waals surface area contributed by atoms with E-state index in [-0.39, 0.29) is 6.10 Å². The van der Waals surface area contributed by atoms with Crippen LogP contribution in [0.4, 0.5) is 0 Å². The van der Waals surface area contributed by atoms with E-state index in [0.29, 0.717) is 6.54 Å². The quantitative estimate of drug-likeness (QED) is 0.702. The second-order valence-electron chi connectivity index (χ2n) is 3.14. The van der Waals surface area contributed by atoms with E-state index in [9.17, 15) is 5.11 Å². The zero-order valence-corrected chi connectivity index (χ0v) is 7.69. The highest BCUT2D eigenvalue weighted by molar-refractivity contribution is 5.09. The number of aromatic nitrogens is 1. The van der Waals surface area contributed by atoms with Crippen LogP contribution in [-0.2, 0) is 6.42 Å². The number of hydrogen-bond donors (Lipinski definition) is 2. The van der Waals surface area contributed by atoms with Crippen molar-refractivity contribution in [2.24, 2.45) is 5.73 Å². The van der Waals surface area contributed by atoms with Crippen LogP contribution in [-0.4, -0.2) is 22.7 Å². The van der Waals surface area contributed by atoms with Gasteiger partial charge < -0.3 is 10.8 Å². The van der Waals surface area contributed by atoms with Crippen LogP contribution >= 0.6 is 0 Å². The second-order valence-corrected chi connectivity index (χ2v) is 3.14. The Morgan fingerprint density at radius 3 is 2.69 bits per heavy atom. The summed E-state index contributed by atoms with van der Waals surface area (Å²) < 4.78 is 0. The van der Waals surface area contributed by atoms with Crippen molar-refractivity contribution in [3.63, 3.8) is 0 Å². The summed E-state index contributed by atoms with van der Waals surface area (Å²) in [4.78, 5) is 3.94. The van der Waals surface area contributed by atoms with E-state index in [1.54, 1.807) is 12.4 Å². The maximum absolute atomic E-state index is 9.20. The van der Waals surface area contributed by atoms with E-state index in [4.69, 9.17) is 5.73 Å². The van der Waals surface area contributed by atoms with Gasteiger partial charge in [-0.15, -0.1) is 0 Å². The van der Waals surface area contributed by atoms with E-state index < -0.39 is 0 Å². The molecule has 3 nitrogen and oxygen atoms in total. The maximum atomic E-state index is 9.20. The first-order valence-corrected chi connectivity index (χ1v) is 4.60. The normalized spacial score (nSPS) is 12.8. The molecule has 3 N–H and O–H groups in total. The van der Waals surface area contributed by atoms with Crippen molar-refractivity contribution in [3.05, 3.63) is 30.1 Å². The second kappa shape index (κ2) is 5.67. The summed E-state index contributed by atoms with van der Waals surface area (Å²) >= 11 is 0. The molecule has 13 heavy (non-hydrogen) atoms. The van der Waals surface area contributed by atoms with Gasteiger partial charge in [-0.25, -0.2) is 0 Å². The smallest absolute Gasteiger partial charge is 0.0662 e. The van der Waals surface area contributed by atoms with E-state index >= 15 is 0 Å². The Balaban J connectivity index is 2.20. The first kappa shape index (κ1) is 10.2. The van der Waals surface area contributed by atoms with Gasteiger partial charge in [0.2, 0.25) is 0 Å². The number of nitrogens with zero attached hydrogens (tertiary/aromatic N) is 1. The predicted octanol–water partition coefficient (Wildman–Crippen LogP) is 0.724. The molecule has 1 rings (SSSR count). The van der Waals surface area contributed by atoms with E-state index in [1.165, 1.54) is 5.56 Å². The molecular formula is C10H16N2O. The first-order chi connectivity index (χ1) is 6.33. The summed E-state index contributed by atoms with van der Waals surface area (Å²) in [5, 5.41) is 9.20. The van der Waals surface area contributed by atoms with Gasteiger partial charge in [0.15, 0.2) is 0 Å². The lowest BCUT2D eigenvalue weighted by molar-refractivity contribution is 0.170. The Labute approximate surface area is 78.6 Å². The summed E-state index contributed by atoms with van der Waals surface area (Å²) in [6.45, 7) is 0.357. The van der Waals surface area contributed by atoms with E-state index in [2.05, 4.69) is 4.98 Å².